The number of aromatic amines is 1. The predicted octanol–water partition coefficient (Wildman–Crippen LogP) is 4.57. The van der Waals surface area contributed by atoms with Crippen LogP contribution in [-0.2, 0) is 6.42 Å². The predicted molar refractivity (Wildman–Crippen MR) is 135 cm³/mol. The first-order valence-electron chi connectivity index (χ1n) is 12.6. The lowest BCUT2D eigenvalue weighted by atomic mass is 9.95. The van der Waals surface area contributed by atoms with Crippen molar-refractivity contribution < 1.29 is 4.74 Å². The molecule has 1 saturated carbocycles. The van der Waals surface area contributed by atoms with Crippen molar-refractivity contribution in [1.29, 1.82) is 0 Å². The molecule has 4 aromatic rings. The van der Waals surface area contributed by atoms with E-state index < -0.39 is 0 Å². The molecule has 2 aliphatic rings. The highest BCUT2D eigenvalue weighted by atomic mass is 16.5. The number of nitrogens with one attached hydrogen (secondary N) is 1. The molecular weight excluding hydrogens is 440 g/mol. The summed E-state index contributed by atoms with van der Waals surface area (Å²) in [5.74, 6) is 1.52. The molecule has 1 atom stereocenters. The Morgan fingerprint density at radius 3 is 2.83 bits per heavy atom. The fourth-order valence-corrected chi connectivity index (χ4v) is 5.71. The number of nitrogens with zero attached hydrogens (tertiary/aromatic N) is 5. The van der Waals surface area contributed by atoms with Gasteiger partial charge in [0.25, 0.3) is 5.56 Å². The largest absolute Gasteiger partial charge is 0.494 e. The smallest absolute Gasteiger partial charge is 0.254 e. The van der Waals surface area contributed by atoms with E-state index in [1.54, 1.807) is 0 Å². The number of hydrogen-bond donors (Lipinski definition) is 1. The molecule has 35 heavy (non-hydrogen) atoms. The quantitative estimate of drug-likeness (QED) is 0.444. The lowest BCUT2D eigenvalue weighted by molar-refractivity contribution is 0.313. The maximum absolute atomic E-state index is 13.5. The van der Waals surface area contributed by atoms with Crippen molar-refractivity contribution in [2.75, 3.05) is 18.1 Å². The lowest BCUT2D eigenvalue weighted by Gasteiger charge is -2.31. The molecule has 1 unspecified atom stereocenters. The number of benzene rings is 2. The zero-order chi connectivity index (χ0) is 23.8. The highest BCUT2D eigenvalue weighted by molar-refractivity contribution is 5.81. The van der Waals surface area contributed by atoms with Gasteiger partial charge in [-0.1, -0.05) is 37.5 Å². The van der Waals surface area contributed by atoms with Crippen LogP contribution in [-0.4, -0.2) is 38.3 Å². The Morgan fingerprint density at radius 2 is 1.97 bits per heavy atom. The number of hydrogen-bond acceptors (Lipinski definition) is 6. The highest BCUT2D eigenvalue weighted by Crippen LogP contribution is 2.39. The zero-order valence-corrected chi connectivity index (χ0v) is 20.0. The van der Waals surface area contributed by atoms with E-state index in [4.69, 9.17) is 4.74 Å². The van der Waals surface area contributed by atoms with E-state index in [-0.39, 0.29) is 17.6 Å². The van der Waals surface area contributed by atoms with Crippen LogP contribution in [0.25, 0.3) is 10.9 Å². The van der Waals surface area contributed by atoms with E-state index in [0.29, 0.717) is 12.2 Å². The molecule has 6 rings (SSSR count). The minimum atomic E-state index is -0.389. The number of para-hydroxylation sites is 1. The van der Waals surface area contributed by atoms with Crippen LogP contribution in [0.5, 0.6) is 5.75 Å². The first kappa shape index (κ1) is 21.8. The van der Waals surface area contributed by atoms with Crippen molar-refractivity contribution in [2.45, 2.75) is 57.5 Å². The van der Waals surface area contributed by atoms with Gasteiger partial charge in [-0.2, -0.15) is 0 Å². The molecule has 180 valence electrons. The molecular formula is C27H30N6O2. The monoisotopic (exact) mass is 470 g/mol. The third kappa shape index (κ3) is 3.96. The molecule has 1 N–H and O–H groups in total. The number of tetrazole rings is 1. The average molecular weight is 471 g/mol. The Bertz CT molecular complexity index is 1400. The Kier molecular flexibility index (Phi) is 5.72. The van der Waals surface area contributed by atoms with Gasteiger partial charge in [-0.05, 0) is 72.5 Å². The Hall–Kier alpha value is -3.68. The van der Waals surface area contributed by atoms with E-state index in [9.17, 15) is 4.79 Å². The van der Waals surface area contributed by atoms with Crippen LogP contribution in [0.15, 0.2) is 53.3 Å². The molecule has 2 aromatic heterocycles. The minimum Gasteiger partial charge on any atom is -0.494 e. The van der Waals surface area contributed by atoms with Crippen molar-refractivity contribution >= 4 is 16.6 Å². The lowest BCUT2D eigenvalue weighted by Crippen LogP contribution is -2.35. The molecule has 1 aliphatic carbocycles. The number of fused-ring (bicyclic) bond motifs is 2. The molecule has 0 amide bonds. The maximum atomic E-state index is 13.5. The van der Waals surface area contributed by atoms with Gasteiger partial charge in [0.2, 0.25) is 0 Å². The van der Waals surface area contributed by atoms with Gasteiger partial charge in [-0.25, -0.2) is 4.68 Å². The van der Waals surface area contributed by atoms with E-state index in [2.05, 4.69) is 49.7 Å². The van der Waals surface area contributed by atoms with Gasteiger partial charge in [0, 0.05) is 28.7 Å². The zero-order valence-electron chi connectivity index (χ0n) is 20.0. The van der Waals surface area contributed by atoms with Crippen LogP contribution in [0.2, 0.25) is 0 Å². The van der Waals surface area contributed by atoms with Crippen molar-refractivity contribution in [3.63, 3.8) is 0 Å². The summed E-state index contributed by atoms with van der Waals surface area (Å²) in [6.07, 6.45) is 6.66. The van der Waals surface area contributed by atoms with Gasteiger partial charge in [-0.15, -0.1) is 5.10 Å². The summed E-state index contributed by atoms with van der Waals surface area (Å²) in [5.41, 5.74) is 3.74. The third-order valence-corrected chi connectivity index (χ3v) is 7.37. The molecule has 1 fully saturated rings. The van der Waals surface area contributed by atoms with Gasteiger partial charge in [-0.3, -0.25) is 4.79 Å². The van der Waals surface area contributed by atoms with Crippen LogP contribution in [0.4, 0.5) is 5.69 Å². The van der Waals surface area contributed by atoms with E-state index in [1.807, 2.05) is 35.9 Å². The number of anilines is 1. The molecule has 0 radical (unpaired) electrons. The standard InChI is InChI=1S/C27H30N6O2/c1-2-35-21-12-13-23-19(16-21)17-22(27(34)28-23)25(32-15-14-18-8-6-7-11-24(18)32)26-29-30-31-33(26)20-9-4-3-5-10-20/h6-8,11-13,16-17,20,25H,2-5,9-10,14-15H2,1H3,(H,28,34). The molecule has 2 aromatic carbocycles. The van der Waals surface area contributed by atoms with Crippen LogP contribution >= 0.6 is 0 Å². The number of H-pyrrole nitrogens is 1. The van der Waals surface area contributed by atoms with Crippen molar-refractivity contribution in [1.82, 2.24) is 25.2 Å². The van der Waals surface area contributed by atoms with Gasteiger partial charge in [0.15, 0.2) is 5.82 Å². The molecule has 8 heteroatoms. The van der Waals surface area contributed by atoms with Gasteiger partial charge >= 0.3 is 0 Å². The normalized spacial score (nSPS) is 17.0. The Morgan fingerprint density at radius 1 is 1.11 bits per heavy atom. The second kappa shape index (κ2) is 9.17. The highest BCUT2D eigenvalue weighted by Gasteiger charge is 2.35. The van der Waals surface area contributed by atoms with E-state index >= 15 is 0 Å². The minimum absolute atomic E-state index is 0.116. The first-order chi connectivity index (χ1) is 17.2. The fraction of sp³-hybridized carbons (Fsp3) is 0.407. The first-order valence-corrected chi connectivity index (χ1v) is 12.6. The van der Waals surface area contributed by atoms with Gasteiger partial charge in [0.05, 0.1) is 12.6 Å². The van der Waals surface area contributed by atoms with Gasteiger partial charge < -0.3 is 14.6 Å². The Labute approximate surface area is 203 Å². The van der Waals surface area contributed by atoms with Crippen molar-refractivity contribution in [3.05, 3.63) is 75.8 Å². The second-order valence-corrected chi connectivity index (χ2v) is 9.48. The molecule has 8 nitrogen and oxygen atoms in total. The number of pyridine rings is 1. The summed E-state index contributed by atoms with van der Waals surface area (Å²) in [7, 11) is 0. The molecule has 0 spiro atoms. The number of aromatic nitrogens is 5. The topological polar surface area (TPSA) is 88.9 Å². The van der Waals surface area contributed by atoms with Crippen molar-refractivity contribution in [3.8, 4) is 5.75 Å². The molecule has 0 bridgehead atoms. The number of ether oxygens (including phenoxy) is 1. The maximum Gasteiger partial charge on any atom is 0.254 e. The summed E-state index contributed by atoms with van der Waals surface area (Å²) >= 11 is 0. The Balaban J connectivity index is 1.52. The van der Waals surface area contributed by atoms with E-state index in [1.165, 1.54) is 24.8 Å². The second-order valence-electron chi connectivity index (χ2n) is 9.48. The SMILES string of the molecule is CCOc1ccc2[nH]c(=O)c(C(c3nnnn3C3CCCCC3)N3CCc4ccccc43)cc2c1. The summed E-state index contributed by atoms with van der Waals surface area (Å²) in [5, 5.41) is 14.0. The fourth-order valence-electron chi connectivity index (χ4n) is 5.71. The van der Waals surface area contributed by atoms with E-state index in [0.717, 1.165) is 54.0 Å². The van der Waals surface area contributed by atoms with Crippen LogP contribution < -0.4 is 15.2 Å². The summed E-state index contributed by atoms with van der Waals surface area (Å²) in [6, 6.07) is 16.1. The summed E-state index contributed by atoms with van der Waals surface area (Å²) in [6.45, 7) is 3.36. The molecule has 0 saturated heterocycles. The van der Waals surface area contributed by atoms with Crippen LogP contribution in [0.3, 0.4) is 0 Å². The van der Waals surface area contributed by atoms with Crippen molar-refractivity contribution in [2.24, 2.45) is 0 Å². The average Bonchev–Trinajstić information content (AvgIpc) is 3.54. The van der Waals surface area contributed by atoms with Crippen LogP contribution in [0, 0.1) is 0 Å². The third-order valence-electron chi connectivity index (χ3n) is 7.37. The molecule has 1 aliphatic heterocycles. The van der Waals surface area contributed by atoms with Gasteiger partial charge in [0.1, 0.15) is 11.8 Å². The number of rotatable bonds is 6. The summed E-state index contributed by atoms with van der Waals surface area (Å²) in [4.78, 5) is 18.9. The molecule has 3 heterocycles. The van der Waals surface area contributed by atoms with Crippen LogP contribution in [0.1, 0.15) is 68.1 Å². The summed E-state index contributed by atoms with van der Waals surface area (Å²) < 4.78 is 7.71.